The lowest BCUT2D eigenvalue weighted by atomic mass is 10.0. The summed E-state index contributed by atoms with van der Waals surface area (Å²) >= 11 is 1.41. The summed E-state index contributed by atoms with van der Waals surface area (Å²) in [7, 11) is 0. The minimum Gasteiger partial charge on any atom is -0.447 e. The quantitative estimate of drug-likeness (QED) is 0.183. The molecule has 0 saturated carbocycles. The SMILES string of the molecule is O=C(CNCCOC(=O)N(c1ccccc1-c1ccccc1)N1CCCCC1)c1ccc(CN(CCO)CCO)s1. The fraction of sp³-hybridized carbons (Fsp3) is 0.419. The van der Waals surface area contributed by atoms with Crippen LogP contribution in [0, 0.1) is 0 Å². The number of thiophene rings is 1. The van der Waals surface area contributed by atoms with Crippen molar-refractivity contribution < 1.29 is 24.5 Å². The Morgan fingerprint density at radius 3 is 2.34 bits per heavy atom. The predicted molar refractivity (Wildman–Crippen MR) is 162 cm³/mol. The van der Waals surface area contributed by atoms with Gasteiger partial charge in [-0.2, -0.15) is 0 Å². The van der Waals surface area contributed by atoms with E-state index in [-0.39, 0.29) is 32.1 Å². The lowest BCUT2D eigenvalue weighted by Gasteiger charge is -2.37. The first-order chi connectivity index (χ1) is 20.1. The number of carbonyl (C=O) groups excluding carboxylic acids is 2. The maximum Gasteiger partial charge on any atom is 0.429 e. The van der Waals surface area contributed by atoms with Crippen molar-refractivity contribution in [1.82, 2.24) is 15.2 Å². The number of amides is 1. The standard InChI is InChI=1S/C31H40N4O5S/c36-20-18-33(19-21-37)24-26-13-14-30(41-26)29(38)23-32-15-22-40-31(39)35(34-16-7-2-8-17-34)28-12-6-5-11-27(28)25-9-3-1-4-10-25/h1,3-6,9-14,32,36-37H,2,7-8,15-24H2. The van der Waals surface area contributed by atoms with Gasteiger partial charge >= 0.3 is 6.09 Å². The van der Waals surface area contributed by atoms with E-state index in [1.165, 1.54) is 11.3 Å². The molecule has 1 amide bonds. The lowest BCUT2D eigenvalue weighted by molar-refractivity contribution is 0.0990. The van der Waals surface area contributed by atoms with Crippen molar-refractivity contribution in [2.75, 3.05) is 64.1 Å². The Balaban J connectivity index is 1.31. The molecule has 2 heterocycles. The molecule has 9 nitrogen and oxygen atoms in total. The highest BCUT2D eigenvalue weighted by atomic mass is 32.1. The molecule has 0 aliphatic carbocycles. The summed E-state index contributed by atoms with van der Waals surface area (Å²) in [6, 6.07) is 21.6. The van der Waals surface area contributed by atoms with Gasteiger partial charge in [0.2, 0.25) is 0 Å². The number of hydrazine groups is 1. The molecule has 0 atom stereocenters. The number of benzene rings is 2. The molecule has 4 rings (SSSR count). The molecule has 1 fully saturated rings. The average molecular weight is 581 g/mol. The van der Waals surface area contributed by atoms with E-state index in [2.05, 4.69) is 10.3 Å². The number of piperidine rings is 1. The third-order valence-electron chi connectivity index (χ3n) is 6.94. The van der Waals surface area contributed by atoms with Crippen LogP contribution in [0.2, 0.25) is 0 Å². The number of aliphatic hydroxyl groups excluding tert-OH is 2. The summed E-state index contributed by atoms with van der Waals surface area (Å²) < 4.78 is 5.71. The van der Waals surface area contributed by atoms with E-state index in [4.69, 9.17) is 4.74 Å². The summed E-state index contributed by atoms with van der Waals surface area (Å²) in [5.41, 5.74) is 2.79. The number of para-hydroxylation sites is 1. The number of ketones is 1. The Morgan fingerprint density at radius 1 is 0.902 bits per heavy atom. The number of hydrogen-bond acceptors (Lipinski definition) is 9. The summed E-state index contributed by atoms with van der Waals surface area (Å²) in [4.78, 5) is 29.7. The van der Waals surface area contributed by atoms with Gasteiger partial charge in [0.1, 0.15) is 6.61 Å². The van der Waals surface area contributed by atoms with Crippen LogP contribution in [-0.2, 0) is 11.3 Å². The molecule has 3 aromatic rings. The number of anilines is 1. The largest absolute Gasteiger partial charge is 0.447 e. The summed E-state index contributed by atoms with van der Waals surface area (Å²) in [5, 5.41) is 25.3. The number of nitrogens with zero attached hydrogens (tertiary/aromatic N) is 3. The maximum atomic E-state index is 13.5. The van der Waals surface area contributed by atoms with Crippen LogP contribution in [0.4, 0.5) is 10.5 Å². The molecule has 3 N–H and O–H groups in total. The highest BCUT2D eigenvalue weighted by Crippen LogP contribution is 2.33. The minimum absolute atomic E-state index is 0.0149. The number of hydrogen-bond donors (Lipinski definition) is 3. The van der Waals surface area contributed by atoms with Gasteiger partial charge in [0.25, 0.3) is 0 Å². The Labute approximate surface area is 245 Å². The third kappa shape index (κ3) is 8.93. The van der Waals surface area contributed by atoms with Crippen molar-refractivity contribution in [3.05, 3.63) is 76.5 Å². The highest BCUT2D eigenvalue weighted by Gasteiger charge is 2.28. The molecule has 41 heavy (non-hydrogen) atoms. The third-order valence-corrected chi connectivity index (χ3v) is 8.05. The van der Waals surface area contributed by atoms with Gasteiger partial charge in [-0.15, -0.1) is 11.3 Å². The topological polar surface area (TPSA) is 106 Å². The van der Waals surface area contributed by atoms with Gasteiger partial charge in [-0.25, -0.2) is 14.8 Å². The number of aliphatic hydroxyl groups is 2. The fourth-order valence-electron chi connectivity index (χ4n) is 4.91. The number of rotatable bonds is 15. The number of nitrogens with one attached hydrogen (secondary N) is 1. The second-order valence-corrected chi connectivity index (χ2v) is 11.1. The molecule has 220 valence electrons. The van der Waals surface area contributed by atoms with Crippen LogP contribution < -0.4 is 10.3 Å². The molecular weight excluding hydrogens is 540 g/mol. The zero-order chi connectivity index (χ0) is 28.9. The molecule has 1 aliphatic heterocycles. The van der Waals surface area contributed by atoms with Crippen molar-refractivity contribution in [2.24, 2.45) is 0 Å². The van der Waals surface area contributed by atoms with Crippen molar-refractivity contribution in [1.29, 1.82) is 0 Å². The van der Waals surface area contributed by atoms with E-state index in [1.807, 2.05) is 65.6 Å². The van der Waals surface area contributed by atoms with E-state index >= 15 is 0 Å². The normalized spacial score (nSPS) is 13.8. The first kappa shape index (κ1) is 30.8. The van der Waals surface area contributed by atoms with Crippen molar-refractivity contribution in [3.8, 4) is 11.1 Å². The van der Waals surface area contributed by atoms with Crippen LogP contribution in [0.1, 0.15) is 33.8 Å². The van der Waals surface area contributed by atoms with Crippen LogP contribution >= 0.6 is 11.3 Å². The summed E-state index contributed by atoms with van der Waals surface area (Å²) in [6.45, 7) is 3.73. The molecule has 1 aliphatic rings. The molecular formula is C31H40N4O5S. The van der Waals surface area contributed by atoms with Gasteiger partial charge in [0, 0.05) is 49.7 Å². The van der Waals surface area contributed by atoms with E-state index in [9.17, 15) is 19.8 Å². The molecule has 2 aromatic carbocycles. The molecule has 0 radical (unpaired) electrons. The van der Waals surface area contributed by atoms with E-state index < -0.39 is 6.09 Å². The Hall–Kier alpha value is -3.12. The zero-order valence-electron chi connectivity index (χ0n) is 23.4. The van der Waals surface area contributed by atoms with Crippen LogP contribution in [0.25, 0.3) is 11.1 Å². The fourth-order valence-corrected chi connectivity index (χ4v) is 5.90. The number of ether oxygens (including phenoxy) is 1. The Morgan fingerprint density at radius 2 is 1.61 bits per heavy atom. The smallest absolute Gasteiger partial charge is 0.429 e. The molecule has 0 bridgehead atoms. The average Bonchev–Trinajstić information content (AvgIpc) is 3.47. The Bertz CT molecular complexity index is 1230. The summed E-state index contributed by atoms with van der Waals surface area (Å²) in [6.07, 6.45) is 2.76. The van der Waals surface area contributed by atoms with Crippen LogP contribution in [0.15, 0.2) is 66.7 Å². The van der Waals surface area contributed by atoms with E-state index in [1.54, 1.807) is 11.1 Å². The first-order valence-corrected chi connectivity index (χ1v) is 15.0. The zero-order valence-corrected chi connectivity index (χ0v) is 24.2. The van der Waals surface area contributed by atoms with Crippen LogP contribution in [0.3, 0.4) is 0 Å². The van der Waals surface area contributed by atoms with Gasteiger partial charge < -0.3 is 20.3 Å². The first-order valence-electron chi connectivity index (χ1n) is 14.2. The van der Waals surface area contributed by atoms with Crippen LogP contribution in [0.5, 0.6) is 0 Å². The van der Waals surface area contributed by atoms with Gasteiger partial charge in [-0.1, -0.05) is 55.0 Å². The second-order valence-electron chi connectivity index (χ2n) is 9.91. The monoisotopic (exact) mass is 580 g/mol. The predicted octanol–water partition coefficient (Wildman–Crippen LogP) is 4.02. The van der Waals surface area contributed by atoms with E-state index in [0.717, 1.165) is 54.0 Å². The van der Waals surface area contributed by atoms with E-state index in [0.29, 0.717) is 31.1 Å². The van der Waals surface area contributed by atoms with Gasteiger partial charge in [0.15, 0.2) is 5.78 Å². The Kier molecular flexibility index (Phi) is 12.3. The van der Waals surface area contributed by atoms with Crippen molar-refractivity contribution in [2.45, 2.75) is 25.8 Å². The summed E-state index contributed by atoms with van der Waals surface area (Å²) in [5.74, 6) is -0.0322. The minimum atomic E-state index is -0.429. The number of Topliss-reactive ketones (excluding diaryl/α,β-unsaturated/α-hetero) is 1. The molecule has 0 unspecified atom stereocenters. The second kappa shape index (κ2) is 16.4. The van der Waals surface area contributed by atoms with Crippen molar-refractivity contribution >= 4 is 28.9 Å². The van der Waals surface area contributed by atoms with Gasteiger partial charge in [0.05, 0.1) is 30.3 Å². The lowest BCUT2D eigenvalue weighted by Crippen LogP contribution is -2.50. The van der Waals surface area contributed by atoms with Gasteiger partial charge in [-0.3, -0.25) is 9.69 Å². The van der Waals surface area contributed by atoms with Gasteiger partial charge in [-0.05, 0) is 36.6 Å². The highest BCUT2D eigenvalue weighted by molar-refractivity contribution is 7.14. The molecule has 0 spiro atoms. The van der Waals surface area contributed by atoms with Crippen molar-refractivity contribution in [3.63, 3.8) is 0 Å². The maximum absolute atomic E-state index is 13.5. The molecule has 1 aromatic heterocycles. The molecule has 1 saturated heterocycles. The molecule has 10 heteroatoms. The number of carbonyl (C=O) groups is 2. The van der Waals surface area contributed by atoms with Crippen LogP contribution in [-0.4, -0.2) is 91.1 Å².